The molecule has 0 spiro atoms. The van der Waals surface area contributed by atoms with E-state index in [4.69, 9.17) is 18.8 Å². The van der Waals surface area contributed by atoms with Gasteiger partial charge in [-0.3, -0.25) is 0 Å². The molecule has 12 rings (SSSR count). The first-order valence-corrected chi connectivity index (χ1v) is 19.1. The normalized spacial score (nSPS) is 11.9. The summed E-state index contributed by atoms with van der Waals surface area (Å²) in [4.78, 5) is 10.6. The number of aromatic nitrogens is 3. The van der Waals surface area contributed by atoms with Crippen LogP contribution < -0.4 is 0 Å². The summed E-state index contributed by atoms with van der Waals surface area (Å²) in [5.74, 6) is 0.656. The van der Waals surface area contributed by atoms with E-state index in [1.54, 1.807) is 0 Å². The molecule has 5 nitrogen and oxygen atoms in total. The molecule has 4 heterocycles. The lowest BCUT2D eigenvalue weighted by molar-refractivity contribution is 0.668. The van der Waals surface area contributed by atoms with Crippen LogP contribution in [0.1, 0.15) is 0 Å². The van der Waals surface area contributed by atoms with Crippen LogP contribution in [-0.4, -0.2) is 14.5 Å². The molecule has 0 unspecified atom stereocenters. The maximum Gasteiger partial charge on any atom is 0.160 e. The molecule has 5 heteroatoms. The van der Waals surface area contributed by atoms with Crippen LogP contribution in [0.2, 0.25) is 0 Å². The molecule has 0 amide bonds. The number of benzene rings is 8. The number of para-hydroxylation sites is 4. The number of rotatable bonds is 5. The molecule has 0 saturated carbocycles. The highest BCUT2D eigenvalue weighted by atomic mass is 16.3. The van der Waals surface area contributed by atoms with Gasteiger partial charge in [-0.1, -0.05) is 121 Å². The molecule has 266 valence electrons. The lowest BCUT2D eigenvalue weighted by Crippen LogP contribution is -1.99. The van der Waals surface area contributed by atoms with Crippen LogP contribution in [0.4, 0.5) is 0 Å². The fourth-order valence-electron chi connectivity index (χ4n) is 8.60. The minimum absolute atomic E-state index is 0.656. The lowest BCUT2D eigenvalue weighted by Gasteiger charge is -2.15. The van der Waals surface area contributed by atoms with Crippen molar-refractivity contribution in [2.45, 2.75) is 0 Å². The van der Waals surface area contributed by atoms with E-state index in [1.807, 2.05) is 54.6 Å². The van der Waals surface area contributed by atoms with Gasteiger partial charge in [0, 0.05) is 54.7 Å². The van der Waals surface area contributed by atoms with Gasteiger partial charge in [0.05, 0.1) is 22.4 Å². The monoisotopic (exact) mass is 729 g/mol. The van der Waals surface area contributed by atoms with E-state index in [-0.39, 0.29) is 0 Å². The smallest absolute Gasteiger partial charge is 0.160 e. The van der Waals surface area contributed by atoms with Gasteiger partial charge in [-0.25, -0.2) is 9.97 Å². The highest BCUT2D eigenvalue weighted by molar-refractivity contribution is 6.13. The first-order valence-electron chi connectivity index (χ1n) is 19.1. The molecule has 0 fully saturated rings. The number of fused-ring (bicyclic) bond motifs is 9. The number of hydrogen-bond acceptors (Lipinski definition) is 4. The van der Waals surface area contributed by atoms with Crippen molar-refractivity contribution in [3.63, 3.8) is 0 Å². The van der Waals surface area contributed by atoms with Gasteiger partial charge >= 0.3 is 0 Å². The molecule has 8 aromatic carbocycles. The second-order valence-electron chi connectivity index (χ2n) is 14.6. The zero-order valence-electron chi connectivity index (χ0n) is 30.6. The number of nitrogens with zero attached hydrogens (tertiary/aromatic N) is 3. The van der Waals surface area contributed by atoms with Gasteiger partial charge in [-0.05, 0) is 77.9 Å². The number of furan rings is 2. The Morgan fingerprint density at radius 1 is 0.351 bits per heavy atom. The first-order chi connectivity index (χ1) is 28.2. The fraction of sp³-hybridized carbons (Fsp3) is 0. The van der Waals surface area contributed by atoms with Crippen molar-refractivity contribution in [3.8, 4) is 50.7 Å². The second kappa shape index (κ2) is 12.4. The van der Waals surface area contributed by atoms with E-state index in [9.17, 15) is 0 Å². The second-order valence-corrected chi connectivity index (χ2v) is 14.6. The fourth-order valence-corrected chi connectivity index (χ4v) is 8.60. The Hall–Kier alpha value is -7.76. The third-order valence-corrected chi connectivity index (χ3v) is 11.2. The van der Waals surface area contributed by atoms with Crippen LogP contribution in [0.3, 0.4) is 0 Å². The molecule has 0 saturated heterocycles. The molecule has 0 N–H and O–H groups in total. The van der Waals surface area contributed by atoms with Gasteiger partial charge in [0.2, 0.25) is 0 Å². The Labute approximate surface area is 326 Å². The largest absolute Gasteiger partial charge is 0.456 e. The predicted molar refractivity (Wildman–Crippen MR) is 233 cm³/mol. The van der Waals surface area contributed by atoms with Crippen LogP contribution in [-0.2, 0) is 0 Å². The Morgan fingerprint density at radius 3 is 1.74 bits per heavy atom. The van der Waals surface area contributed by atoms with Gasteiger partial charge < -0.3 is 13.4 Å². The van der Waals surface area contributed by atoms with Crippen molar-refractivity contribution in [1.82, 2.24) is 14.5 Å². The van der Waals surface area contributed by atoms with Gasteiger partial charge in [0.1, 0.15) is 22.3 Å². The average Bonchev–Trinajstić information content (AvgIpc) is 3.96. The van der Waals surface area contributed by atoms with Crippen molar-refractivity contribution in [2.75, 3.05) is 0 Å². The molecule has 0 atom stereocenters. The van der Waals surface area contributed by atoms with Crippen LogP contribution in [0.15, 0.2) is 197 Å². The standard InChI is InChI=1S/C52H31N3O2/c1-2-13-32(14-3-1)52-53-43(31-44(54-52)40-19-12-24-50-51(40)41-18-7-11-23-48(41)57-50)35-27-34(33-25-26-49-42(30-33)39-17-6-10-22-47(39)56-49)28-36(29-35)55-45-20-8-4-15-37(45)38-16-5-9-21-46(38)55/h1-31H. The summed E-state index contributed by atoms with van der Waals surface area (Å²) in [7, 11) is 0. The minimum atomic E-state index is 0.656. The average molecular weight is 730 g/mol. The summed E-state index contributed by atoms with van der Waals surface area (Å²) in [5.41, 5.74) is 13.5. The molecule has 57 heavy (non-hydrogen) atoms. The van der Waals surface area contributed by atoms with Crippen LogP contribution in [0, 0.1) is 0 Å². The topological polar surface area (TPSA) is 57.0 Å². The summed E-state index contributed by atoms with van der Waals surface area (Å²) >= 11 is 0. The van der Waals surface area contributed by atoms with E-state index in [0.717, 1.165) is 99.8 Å². The van der Waals surface area contributed by atoms with Crippen molar-refractivity contribution in [2.24, 2.45) is 0 Å². The molecule has 4 aromatic heterocycles. The SMILES string of the molecule is c1ccc(-c2nc(-c3cc(-c4ccc5oc6ccccc6c5c4)cc(-n4c5ccccc5c5ccccc54)c3)cc(-c3cccc4oc5ccccc5c34)n2)cc1. The van der Waals surface area contributed by atoms with Gasteiger partial charge in [0.25, 0.3) is 0 Å². The molecule has 12 aromatic rings. The van der Waals surface area contributed by atoms with E-state index in [0.29, 0.717) is 5.82 Å². The predicted octanol–water partition coefficient (Wildman–Crippen LogP) is 14.0. The van der Waals surface area contributed by atoms with Crippen molar-refractivity contribution >= 4 is 65.7 Å². The molecule has 0 aliphatic rings. The van der Waals surface area contributed by atoms with Crippen LogP contribution >= 0.6 is 0 Å². The van der Waals surface area contributed by atoms with E-state index >= 15 is 0 Å². The maximum atomic E-state index is 6.33. The van der Waals surface area contributed by atoms with Gasteiger partial charge in [-0.15, -0.1) is 0 Å². The van der Waals surface area contributed by atoms with Crippen molar-refractivity contribution < 1.29 is 8.83 Å². The highest BCUT2D eigenvalue weighted by Gasteiger charge is 2.19. The summed E-state index contributed by atoms with van der Waals surface area (Å²) in [5, 5.41) is 6.70. The van der Waals surface area contributed by atoms with Crippen LogP contribution in [0.5, 0.6) is 0 Å². The molecular weight excluding hydrogens is 699 g/mol. The van der Waals surface area contributed by atoms with Gasteiger partial charge in [-0.2, -0.15) is 0 Å². The zero-order valence-corrected chi connectivity index (χ0v) is 30.6. The lowest BCUT2D eigenvalue weighted by atomic mass is 9.97. The van der Waals surface area contributed by atoms with Crippen molar-refractivity contribution in [1.29, 1.82) is 0 Å². The molecule has 0 aliphatic heterocycles. The van der Waals surface area contributed by atoms with E-state index in [1.165, 1.54) is 10.8 Å². The highest BCUT2D eigenvalue weighted by Crippen LogP contribution is 2.41. The Balaban J connectivity index is 1.15. The Morgan fingerprint density at radius 2 is 0.947 bits per heavy atom. The third kappa shape index (κ3) is 5.03. The summed E-state index contributed by atoms with van der Waals surface area (Å²) in [6.07, 6.45) is 0. The summed E-state index contributed by atoms with van der Waals surface area (Å²) < 4.78 is 15.0. The minimum Gasteiger partial charge on any atom is -0.456 e. The third-order valence-electron chi connectivity index (χ3n) is 11.2. The van der Waals surface area contributed by atoms with E-state index in [2.05, 4.69) is 138 Å². The Bertz CT molecular complexity index is 3480. The van der Waals surface area contributed by atoms with Crippen molar-refractivity contribution in [3.05, 3.63) is 188 Å². The quantitative estimate of drug-likeness (QED) is 0.177. The summed E-state index contributed by atoms with van der Waals surface area (Å²) in [6.45, 7) is 0. The number of hydrogen-bond donors (Lipinski definition) is 0. The van der Waals surface area contributed by atoms with Gasteiger partial charge in [0.15, 0.2) is 5.82 Å². The Kier molecular flexibility index (Phi) is 6.86. The first kappa shape index (κ1) is 31.6. The van der Waals surface area contributed by atoms with Crippen LogP contribution in [0.25, 0.3) is 116 Å². The molecule has 0 radical (unpaired) electrons. The van der Waals surface area contributed by atoms with E-state index < -0.39 is 0 Å². The summed E-state index contributed by atoms with van der Waals surface area (Å²) in [6, 6.07) is 65.6. The molecule has 0 aliphatic carbocycles. The molecule has 0 bridgehead atoms. The maximum absolute atomic E-state index is 6.33. The molecular formula is C52H31N3O2. The zero-order chi connectivity index (χ0) is 37.5.